The van der Waals surface area contributed by atoms with E-state index in [4.69, 9.17) is 13.9 Å². The van der Waals surface area contributed by atoms with Gasteiger partial charge in [0.05, 0.1) is 5.39 Å². The number of ether oxygens (including phenoxy) is 2. The van der Waals surface area contributed by atoms with Crippen LogP contribution in [0.4, 0.5) is 5.69 Å². The van der Waals surface area contributed by atoms with Gasteiger partial charge < -0.3 is 19.2 Å². The molecule has 0 unspecified atom stereocenters. The van der Waals surface area contributed by atoms with Crippen molar-refractivity contribution in [1.29, 1.82) is 0 Å². The molecule has 6 heteroatoms. The van der Waals surface area contributed by atoms with Crippen LogP contribution in [0.1, 0.15) is 50.7 Å². The molecule has 4 rings (SSSR count). The molecule has 3 aromatic carbocycles. The van der Waals surface area contributed by atoms with Gasteiger partial charge in [-0.15, -0.1) is 0 Å². The summed E-state index contributed by atoms with van der Waals surface area (Å²) in [6.45, 7) is 8.11. The number of nitrogens with one attached hydrogen (secondary N) is 1. The Morgan fingerprint density at radius 3 is 2.31 bits per heavy atom. The van der Waals surface area contributed by atoms with Crippen LogP contribution in [0.25, 0.3) is 11.0 Å². The highest BCUT2D eigenvalue weighted by atomic mass is 16.5. The lowest BCUT2D eigenvalue weighted by atomic mass is 10.0. The van der Waals surface area contributed by atoms with Crippen LogP contribution in [0.2, 0.25) is 0 Å². The van der Waals surface area contributed by atoms with Gasteiger partial charge in [-0.25, -0.2) is 0 Å². The number of amides is 1. The van der Waals surface area contributed by atoms with E-state index < -0.39 is 0 Å². The summed E-state index contributed by atoms with van der Waals surface area (Å²) < 4.78 is 17.2. The lowest BCUT2D eigenvalue weighted by Crippen LogP contribution is -2.21. The first-order valence-electron chi connectivity index (χ1n) is 11.7. The van der Waals surface area contributed by atoms with Gasteiger partial charge in [0.2, 0.25) is 11.2 Å². The Morgan fingerprint density at radius 1 is 0.886 bits per heavy atom. The highest BCUT2D eigenvalue weighted by molar-refractivity contribution is 5.92. The van der Waals surface area contributed by atoms with Gasteiger partial charge in [0, 0.05) is 11.8 Å². The van der Waals surface area contributed by atoms with Crippen LogP contribution in [-0.4, -0.2) is 12.5 Å². The highest BCUT2D eigenvalue weighted by Gasteiger charge is 2.14. The number of para-hydroxylation sites is 2. The second kappa shape index (κ2) is 10.5. The van der Waals surface area contributed by atoms with Crippen LogP contribution in [-0.2, 0) is 4.79 Å². The number of carbonyl (C=O) groups excluding carboxylic acids is 1. The van der Waals surface area contributed by atoms with Gasteiger partial charge in [0.1, 0.15) is 23.3 Å². The molecule has 0 fully saturated rings. The zero-order valence-corrected chi connectivity index (χ0v) is 20.3. The summed E-state index contributed by atoms with van der Waals surface area (Å²) in [7, 11) is 0. The molecule has 4 aromatic rings. The predicted octanol–water partition coefficient (Wildman–Crippen LogP) is 6.85. The van der Waals surface area contributed by atoms with Crippen molar-refractivity contribution in [2.24, 2.45) is 0 Å². The van der Waals surface area contributed by atoms with Crippen molar-refractivity contribution >= 4 is 22.6 Å². The Balaban J connectivity index is 1.47. The first-order chi connectivity index (χ1) is 16.8. The quantitative estimate of drug-likeness (QED) is 0.304. The molecule has 1 aromatic heterocycles. The Hall–Kier alpha value is -4.06. The standard InChI is InChI=1S/C29H29NO5/c1-18(2)21-9-5-7-11-24(21)30-28(31)17-33-20-13-14-23-26(15-20)34-16-27(29(23)32)35-25-12-8-6-10-22(25)19(3)4/h5-16,18-19H,17H2,1-4H3,(H,30,31). The summed E-state index contributed by atoms with van der Waals surface area (Å²) in [5, 5.41) is 3.27. The van der Waals surface area contributed by atoms with Crippen LogP contribution >= 0.6 is 0 Å². The molecule has 0 aliphatic carbocycles. The molecule has 0 bridgehead atoms. The SMILES string of the molecule is CC(C)c1ccccc1NC(=O)COc1ccc2c(=O)c(Oc3ccccc3C(C)C)coc2c1. The fraction of sp³-hybridized carbons (Fsp3) is 0.241. The molecule has 0 saturated carbocycles. The third kappa shape index (κ3) is 5.54. The molecule has 35 heavy (non-hydrogen) atoms. The average Bonchev–Trinajstić information content (AvgIpc) is 2.85. The van der Waals surface area contributed by atoms with Crippen molar-refractivity contribution in [2.75, 3.05) is 11.9 Å². The van der Waals surface area contributed by atoms with Crippen LogP contribution in [0, 0.1) is 0 Å². The van der Waals surface area contributed by atoms with Gasteiger partial charge in [-0.2, -0.15) is 0 Å². The maximum atomic E-state index is 13.0. The van der Waals surface area contributed by atoms with E-state index in [0.29, 0.717) is 22.5 Å². The molecule has 1 N–H and O–H groups in total. The summed E-state index contributed by atoms with van der Waals surface area (Å²) >= 11 is 0. The normalized spacial score (nSPS) is 11.1. The van der Waals surface area contributed by atoms with Gasteiger partial charge >= 0.3 is 0 Å². The zero-order chi connectivity index (χ0) is 24.9. The molecule has 0 saturated heterocycles. The Labute approximate surface area is 204 Å². The average molecular weight is 472 g/mol. The first kappa shape index (κ1) is 24.1. The summed E-state index contributed by atoms with van der Waals surface area (Å²) in [6.07, 6.45) is 1.31. The van der Waals surface area contributed by atoms with E-state index in [-0.39, 0.29) is 35.5 Å². The molecule has 6 nitrogen and oxygen atoms in total. The monoisotopic (exact) mass is 471 g/mol. The second-order valence-corrected chi connectivity index (χ2v) is 8.96. The topological polar surface area (TPSA) is 77.8 Å². The molecule has 0 spiro atoms. The summed E-state index contributed by atoms with van der Waals surface area (Å²) in [6, 6.07) is 20.2. The van der Waals surface area contributed by atoms with Gasteiger partial charge in [-0.3, -0.25) is 9.59 Å². The number of fused-ring (bicyclic) bond motifs is 1. The molecule has 1 amide bonds. The number of hydrogen-bond acceptors (Lipinski definition) is 5. The molecule has 0 radical (unpaired) electrons. The van der Waals surface area contributed by atoms with Crippen molar-refractivity contribution in [2.45, 2.75) is 39.5 Å². The van der Waals surface area contributed by atoms with E-state index in [1.54, 1.807) is 18.2 Å². The van der Waals surface area contributed by atoms with Gasteiger partial charge in [0.15, 0.2) is 6.61 Å². The molecular formula is C29H29NO5. The van der Waals surface area contributed by atoms with Crippen LogP contribution in [0.3, 0.4) is 0 Å². The van der Waals surface area contributed by atoms with Gasteiger partial charge in [0.25, 0.3) is 5.91 Å². The second-order valence-electron chi connectivity index (χ2n) is 8.96. The van der Waals surface area contributed by atoms with Crippen molar-refractivity contribution in [1.82, 2.24) is 0 Å². The summed E-state index contributed by atoms with van der Waals surface area (Å²) in [5.41, 5.74) is 2.90. The fourth-order valence-electron chi connectivity index (χ4n) is 3.87. The number of benzene rings is 3. The van der Waals surface area contributed by atoms with E-state index in [0.717, 1.165) is 16.8 Å². The zero-order valence-electron chi connectivity index (χ0n) is 20.3. The van der Waals surface area contributed by atoms with Crippen molar-refractivity contribution in [3.05, 3.63) is 94.3 Å². The van der Waals surface area contributed by atoms with Crippen LogP contribution < -0.4 is 20.2 Å². The van der Waals surface area contributed by atoms with Crippen LogP contribution in [0.15, 0.2) is 82.2 Å². The third-order valence-corrected chi connectivity index (χ3v) is 5.70. The summed E-state index contributed by atoms with van der Waals surface area (Å²) in [4.78, 5) is 25.4. The molecular weight excluding hydrogens is 442 g/mol. The molecule has 180 valence electrons. The van der Waals surface area contributed by atoms with E-state index in [9.17, 15) is 9.59 Å². The maximum absolute atomic E-state index is 13.0. The Kier molecular flexibility index (Phi) is 7.20. The van der Waals surface area contributed by atoms with Crippen molar-refractivity contribution in [3.63, 3.8) is 0 Å². The van der Waals surface area contributed by atoms with Gasteiger partial charge in [-0.05, 0) is 47.2 Å². The smallest absolute Gasteiger partial charge is 0.262 e. The van der Waals surface area contributed by atoms with E-state index >= 15 is 0 Å². The summed E-state index contributed by atoms with van der Waals surface area (Å²) in [5.74, 6) is 1.42. The lowest BCUT2D eigenvalue weighted by Gasteiger charge is -2.14. The number of anilines is 1. The lowest BCUT2D eigenvalue weighted by molar-refractivity contribution is -0.118. The minimum atomic E-state index is -0.278. The van der Waals surface area contributed by atoms with E-state index in [1.165, 1.54) is 6.26 Å². The third-order valence-electron chi connectivity index (χ3n) is 5.70. The predicted molar refractivity (Wildman–Crippen MR) is 138 cm³/mol. The maximum Gasteiger partial charge on any atom is 0.262 e. The van der Waals surface area contributed by atoms with Crippen molar-refractivity contribution < 1.29 is 18.7 Å². The minimum absolute atomic E-state index is 0.113. The highest BCUT2D eigenvalue weighted by Crippen LogP contribution is 2.30. The molecule has 1 heterocycles. The van der Waals surface area contributed by atoms with E-state index in [1.807, 2.05) is 48.5 Å². The Bertz CT molecular complexity index is 1400. The van der Waals surface area contributed by atoms with Crippen LogP contribution in [0.5, 0.6) is 17.2 Å². The first-order valence-corrected chi connectivity index (χ1v) is 11.7. The molecule has 0 aliphatic rings. The fourth-order valence-corrected chi connectivity index (χ4v) is 3.87. The number of hydrogen-bond donors (Lipinski definition) is 1. The Morgan fingerprint density at radius 2 is 1.57 bits per heavy atom. The molecule has 0 aliphatic heterocycles. The number of carbonyl (C=O) groups is 1. The van der Waals surface area contributed by atoms with Gasteiger partial charge in [-0.1, -0.05) is 64.1 Å². The molecule has 0 atom stereocenters. The van der Waals surface area contributed by atoms with E-state index in [2.05, 4.69) is 33.0 Å². The minimum Gasteiger partial charge on any atom is -0.484 e. The van der Waals surface area contributed by atoms with Crippen molar-refractivity contribution in [3.8, 4) is 17.2 Å². The largest absolute Gasteiger partial charge is 0.484 e. The number of rotatable bonds is 8.